The number of fused-ring (bicyclic) bond motifs is 4. The van der Waals surface area contributed by atoms with E-state index in [0.29, 0.717) is 11.4 Å². The molecular formula is C35H26FN7O. The normalized spacial score (nSPS) is 14.8. The smallest absolute Gasteiger partial charge is 0.228 e. The summed E-state index contributed by atoms with van der Waals surface area (Å²) in [4.78, 5) is 21.7. The monoisotopic (exact) mass is 579 g/mol. The Morgan fingerprint density at radius 2 is 1.82 bits per heavy atom. The SMILES string of the molecule is Cn1nc(C2=C3NC3c3c(cccc3-c3cccc(F)c3)N2)c2cc(-c3cncc(NC(=O)Cc4ccccc4)c3)ncc21. The molecule has 3 N–H and O–H groups in total. The summed E-state index contributed by atoms with van der Waals surface area (Å²) in [7, 11) is 1.90. The van der Waals surface area contributed by atoms with Gasteiger partial charge in [-0.05, 0) is 47.0 Å². The van der Waals surface area contributed by atoms with Gasteiger partial charge in [0.15, 0.2) is 0 Å². The molecule has 44 heavy (non-hydrogen) atoms. The Hall–Kier alpha value is -5.83. The van der Waals surface area contributed by atoms with Crippen LogP contribution in [0.25, 0.3) is 39.0 Å². The number of anilines is 2. The van der Waals surface area contributed by atoms with E-state index >= 15 is 0 Å². The molecule has 1 amide bonds. The number of carbonyl (C=O) groups excluding carboxylic acids is 1. The first-order valence-corrected chi connectivity index (χ1v) is 14.3. The van der Waals surface area contributed by atoms with E-state index in [9.17, 15) is 9.18 Å². The van der Waals surface area contributed by atoms with E-state index in [2.05, 4.69) is 20.9 Å². The number of amides is 1. The number of nitrogens with one attached hydrogen (secondary N) is 3. The molecule has 3 aromatic carbocycles. The summed E-state index contributed by atoms with van der Waals surface area (Å²) in [5.41, 5.74) is 10.6. The third-order valence-corrected chi connectivity index (χ3v) is 8.06. The number of hydrogen-bond donors (Lipinski definition) is 3. The predicted molar refractivity (Wildman–Crippen MR) is 169 cm³/mol. The van der Waals surface area contributed by atoms with Crippen LogP contribution in [-0.2, 0) is 18.3 Å². The van der Waals surface area contributed by atoms with Crippen LogP contribution in [0.3, 0.4) is 0 Å². The molecule has 2 aliphatic heterocycles. The van der Waals surface area contributed by atoms with Crippen LogP contribution in [0.1, 0.15) is 22.9 Å². The average molecular weight is 580 g/mol. The van der Waals surface area contributed by atoms with Gasteiger partial charge in [0.2, 0.25) is 5.91 Å². The first-order chi connectivity index (χ1) is 21.5. The van der Waals surface area contributed by atoms with Crippen molar-refractivity contribution in [3.63, 3.8) is 0 Å². The second-order valence-electron chi connectivity index (χ2n) is 11.0. The van der Waals surface area contributed by atoms with Crippen LogP contribution < -0.4 is 16.0 Å². The number of nitrogens with zero attached hydrogens (tertiary/aromatic N) is 4. The van der Waals surface area contributed by atoms with Crippen LogP contribution in [0.5, 0.6) is 0 Å². The largest absolute Gasteiger partial charge is 0.372 e. The highest BCUT2D eigenvalue weighted by Gasteiger charge is 2.42. The second kappa shape index (κ2) is 10.2. The van der Waals surface area contributed by atoms with Gasteiger partial charge in [-0.25, -0.2) is 4.39 Å². The van der Waals surface area contributed by atoms with Gasteiger partial charge in [-0.1, -0.05) is 54.6 Å². The molecule has 1 saturated heterocycles. The summed E-state index contributed by atoms with van der Waals surface area (Å²) in [6.07, 6.45) is 5.46. The third kappa shape index (κ3) is 4.55. The maximum atomic E-state index is 14.1. The fourth-order valence-corrected chi connectivity index (χ4v) is 5.96. The molecule has 5 heterocycles. The van der Waals surface area contributed by atoms with Gasteiger partial charge in [0.05, 0.1) is 53.1 Å². The first kappa shape index (κ1) is 25.8. The summed E-state index contributed by atoms with van der Waals surface area (Å²) in [6.45, 7) is 0. The summed E-state index contributed by atoms with van der Waals surface area (Å²) in [5, 5.41) is 15.9. The van der Waals surface area contributed by atoms with Gasteiger partial charge in [0, 0.05) is 35.4 Å². The number of aromatic nitrogens is 4. The summed E-state index contributed by atoms with van der Waals surface area (Å²) in [6, 6.07) is 26.3. The summed E-state index contributed by atoms with van der Waals surface area (Å²) < 4.78 is 15.9. The number of carbonyl (C=O) groups is 1. The van der Waals surface area contributed by atoms with Crippen LogP contribution in [0, 0.1) is 5.82 Å². The summed E-state index contributed by atoms with van der Waals surface area (Å²) >= 11 is 0. The first-order valence-electron chi connectivity index (χ1n) is 14.3. The van der Waals surface area contributed by atoms with Gasteiger partial charge in [-0.15, -0.1) is 0 Å². The van der Waals surface area contributed by atoms with E-state index in [1.54, 1.807) is 24.5 Å². The minimum absolute atomic E-state index is 0.0134. The maximum Gasteiger partial charge on any atom is 0.228 e. The van der Waals surface area contributed by atoms with Crippen molar-refractivity contribution in [1.82, 2.24) is 25.1 Å². The Balaban J connectivity index is 1.12. The van der Waals surface area contributed by atoms with Crippen molar-refractivity contribution < 1.29 is 9.18 Å². The van der Waals surface area contributed by atoms with Crippen molar-refractivity contribution in [2.24, 2.45) is 7.05 Å². The highest BCUT2D eigenvalue weighted by molar-refractivity contribution is 6.00. The van der Waals surface area contributed by atoms with Crippen molar-refractivity contribution in [3.05, 3.63) is 132 Å². The number of aryl methyl sites for hydroxylation is 1. The Kier molecular flexibility index (Phi) is 5.97. The highest BCUT2D eigenvalue weighted by Crippen LogP contribution is 2.51. The minimum atomic E-state index is -0.260. The van der Waals surface area contributed by atoms with Crippen molar-refractivity contribution >= 4 is 33.9 Å². The third-order valence-electron chi connectivity index (χ3n) is 8.06. The van der Waals surface area contributed by atoms with Crippen molar-refractivity contribution in [1.29, 1.82) is 0 Å². The molecule has 0 radical (unpaired) electrons. The number of halogens is 1. The van der Waals surface area contributed by atoms with Crippen molar-refractivity contribution in [3.8, 4) is 22.4 Å². The lowest BCUT2D eigenvalue weighted by atomic mass is 9.93. The molecule has 1 unspecified atom stereocenters. The molecule has 3 aromatic heterocycles. The van der Waals surface area contributed by atoms with E-state index in [4.69, 9.17) is 10.1 Å². The van der Waals surface area contributed by atoms with Gasteiger partial charge >= 0.3 is 0 Å². The lowest BCUT2D eigenvalue weighted by Gasteiger charge is -2.19. The van der Waals surface area contributed by atoms with Gasteiger partial charge in [0.1, 0.15) is 11.5 Å². The van der Waals surface area contributed by atoms with Gasteiger partial charge in [0.25, 0.3) is 0 Å². The molecule has 8 nitrogen and oxygen atoms in total. The number of hydrogen-bond acceptors (Lipinski definition) is 6. The van der Waals surface area contributed by atoms with Crippen molar-refractivity contribution in [2.75, 3.05) is 10.6 Å². The lowest BCUT2D eigenvalue weighted by molar-refractivity contribution is -0.115. The molecule has 1 fully saturated rings. The standard InChI is InChI=1S/C35H26FN7O/c1-43-29-19-38-28(22-15-24(18-37-17-22)39-30(44)13-20-7-3-2-4-8-20)16-26(29)32(42-43)34-35-33(41-35)31-25(11-6-12-27(31)40-34)21-9-5-10-23(36)14-21/h2-12,14-19,33,40-41H,13H2,1H3,(H,39,44). The zero-order valence-corrected chi connectivity index (χ0v) is 23.7. The Morgan fingerprint density at radius 1 is 0.955 bits per heavy atom. The topological polar surface area (TPSA) is 107 Å². The molecule has 8 rings (SSSR count). The molecule has 0 saturated carbocycles. The molecule has 0 aliphatic carbocycles. The zero-order chi connectivity index (χ0) is 29.8. The van der Waals surface area contributed by atoms with Gasteiger partial charge in [-0.3, -0.25) is 19.4 Å². The summed E-state index contributed by atoms with van der Waals surface area (Å²) in [5.74, 6) is -0.374. The Bertz CT molecular complexity index is 2140. The fourth-order valence-electron chi connectivity index (χ4n) is 5.96. The number of benzene rings is 3. The molecule has 9 heteroatoms. The average Bonchev–Trinajstić information content (AvgIpc) is 3.78. The fraction of sp³-hybridized carbons (Fsp3) is 0.0857. The highest BCUT2D eigenvalue weighted by atomic mass is 19.1. The van der Waals surface area contributed by atoms with E-state index in [1.807, 2.05) is 84.7 Å². The molecule has 214 valence electrons. The van der Waals surface area contributed by atoms with Crippen LogP contribution in [-0.4, -0.2) is 25.7 Å². The molecule has 6 aromatic rings. The Morgan fingerprint density at radius 3 is 2.68 bits per heavy atom. The molecule has 0 bridgehead atoms. The number of rotatable bonds is 6. The van der Waals surface area contributed by atoms with Crippen molar-refractivity contribution in [2.45, 2.75) is 12.5 Å². The molecule has 1 atom stereocenters. The lowest BCUT2D eigenvalue weighted by Crippen LogP contribution is -2.14. The maximum absolute atomic E-state index is 14.1. The predicted octanol–water partition coefficient (Wildman–Crippen LogP) is 6.46. The molecule has 0 spiro atoms. The van der Waals surface area contributed by atoms with Gasteiger partial charge in [-0.2, -0.15) is 5.10 Å². The molecule has 2 aliphatic rings. The zero-order valence-electron chi connectivity index (χ0n) is 23.7. The quantitative estimate of drug-likeness (QED) is 0.196. The minimum Gasteiger partial charge on any atom is -0.372 e. The molecular weight excluding hydrogens is 553 g/mol. The van der Waals surface area contributed by atoms with E-state index < -0.39 is 0 Å². The van der Waals surface area contributed by atoms with E-state index in [1.165, 1.54) is 6.07 Å². The van der Waals surface area contributed by atoms with Gasteiger partial charge < -0.3 is 16.0 Å². The van der Waals surface area contributed by atoms with Crippen LogP contribution in [0.15, 0.2) is 109 Å². The van der Waals surface area contributed by atoms with Crippen LogP contribution in [0.2, 0.25) is 0 Å². The number of pyridine rings is 2. The van der Waals surface area contributed by atoms with Crippen LogP contribution >= 0.6 is 0 Å². The van der Waals surface area contributed by atoms with E-state index in [0.717, 1.165) is 61.5 Å². The van der Waals surface area contributed by atoms with E-state index in [-0.39, 0.29) is 24.2 Å². The van der Waals surface area contributed by atoms with Crippen LogP contribution in [0.4, 0.5) is 15.8 Å². The Labute approximate surface area is 252 Å². The second-order valence-corrected chi connectivity index (χ2v) is 11.0.